The fourth-order valence-electron chi connectivity index (χ4n) is 3.32. The van der Waals surface area contributed by atoms with E-state index >= 15 is 0 Å². The zero-order valence-corrected chi connectivity index (χ0v) is 14.9. The molecule has 0 aromatic carbocycles. The van der Waals surface area contributed by atoms with Crippen molar-refractivity contribution in [2.24, 2.45) is 0 Å². The third-order valence-electron chi connectivity index (χ3n) is 4.64. The third kappa shape index (κ3) is 4.53. The first-order valence-electron chi connectivity index (χ1n) is 8.58. The van der Waals surface area contributed by atoms with Gasteiger partial charge in [-0.05, 0) is 43.3 Å². The Morgan fingerprint density at radius 2 is 2.21 bits per heavy atom. The molecule has 3 rings (SSSR count). The summed E-state index contributed by atoms with van der Waals surface area (Å²) in [6.45, 7) is 1.83. The average Bonchev–Trinajstić information content (AvgIpc) is 3.07. The average molecular weight is 347 g/mol. The lowest BCUT2D eigenvalue weighted by molar-refractivity contribution is 0.0986. The molecule has 5 nitrogen and oxygen atoms in total. The van der Waals surface area contributed by atoms with Gasteiger partial charge in [0.05, 0.1) is 18.9 Å². The smallest absolute Gasteiger partial charge is 0.233 e. The van der Waals surface area contributed by atoms with Gasteiger partial charge in [0.2, 0.25) is 5.88 Å². The maximum absolute atomic E-state index is 10.5. The number of aromatic nitrogens is 2. The summed E-state index contributed by atoms with van der Waals surface area (Å²) in [6, 6.07) is 8.24. The molecule has 0 saturated carbocycles. The SMILES string of the molecule is COc1ccc(CN2CCCCC[C@H]2C[C@@H](O)c2cccs2)nn1. The lowest BCUT2D eigenvalue weighted by atomic mass is 10.0. The fraction of sp³-hybridized carbons (Fsp3) is 0.556. The summed E-state index contributed by atoms with van der Waals surface area (Å²) in [5.74, 6) is 0.541. The second kappa shape index (κ2) is 8.55. The molecule has 2 atom stereocenters. The van der Waals surface area contributed by atoms with Crippen LogP contribution in [0.25, 0.3) is 0 Å². The first kappa shape index (κ1) is 17.3. The van der Waals surface area contributed by atoms with Crippen LogP contribution in [0.3, 0.4) is 0 Å². The molecule has 1 aliphatic heterocycles. The van der Waals surface area contributed by atoms with Crippen LogP contribution in [-0.4, -0.2) is 39.9 Å². The lowest BCUT2D eigenvalue weighted by Crippen LogP contribution is -2.35. The van der Waals surface area contributed by atoms with E-state index in [9.17, 15) is 5.11 Å². The van der Waals surface area contributed by atoms with Crippen molar-refractivity contribution in [3.63, 3.8) is 0 Å². The molecule has 1 fully saturated rings. The second-order valence-electron chi connectivity index (χ2n) is 6.31. The van der Waals surface area contributed by atoms with Gasteiger partial charge in [-0.1, -0.05) is 18.9 Å². The normalized spacial score (nSPS) is 20.5. The van der Waals surface area contributed by atoms with Crippen LogP contribution in [0, 0.1) is 0 Å². The Balaban J connectivity index is 1.67. The van der Waals surface area contributed by atoms with E-state index in [0.717, 1.165) is 36.5 Å². The van der Waals surface area contributed by atoms with Crippen molar-refractivity contribution in [2.45, 2.75) is 50.8 Å². The van der Waals surface area contributed by atoms with Gasteiger partial charge < -0.3 is 9.84 Å². The van der Waals surface area contributed by atoms with E-state index in [4.69, 9.17) is 4.74 Å². The van der Waals surface area contributed by atoms with Crippen LogP contribution in [0.15, 0.2) is 29.6 Å². The number of nitrogens with zero attached hydrogens (tertiary/aromatic N) is 3. The van der Waals surface area contributed by atoms with E-state index in [2.05, 4.69) is 15.1 Å². The lowest BCUT2D eigenvalue weighted by Gasteiger charge is -2.31. The first-order chi connectivity index (χ1) is 11.8. The standard InChI is InChI=1S/C18H25N3O2S/c1-23-18-9-8-14(19-20-18)13-21-10-4-2-3-6-15(21)12-16(22)17-7-5-11-24-17/h5,7-9,11,15-16,22H,2-4,6,10,12-13H2,1H3/t15-,16+/m0/s1. The molecule has 0 spiro atoms. The number of hydrogen-bond donors (Lipinski definition) is 1. The van der Waals surface area contributed by atoms with Gasteiger partial charge in [0.25, 0.3) is 0 Å². The predicted molar refractivity (Wildman–Crippen MR) is 95.1 cm³/mol. The highest BCUT2D eigenvalue weighted by Gasteiger charge is 2.25. The molecular formula is C18H25N3O2S. The Bertz CT molecular complexity index is 603. The molecule has 24 heavy (non-hydrogen) atoms. The summed E-state index contributed by atoms with van der Waals surface area (Å²) in [5.41, 5.74) is 0.952. The molecule has 1 saturated heterocycles. The predicted octanol–water partition coefficient (Wildman–Crippen LogP) is 3.42. The number of aliphatic hydroxyl groups is 1. The molecule has 3 heterocycles. The number of hydrogen-bond acceptors (Lipinski definition) is 6. The van der Waals surface area contributed by atoms with E-state index in [1.165, 1.54) is 19.3 Å². The molecule has 0 amide bonds. The van der Waals surface area contributed by atoms with Crippen LogP contribution >= 0.6 is 11.3 Å². The number of rotatable bonds is 6. The van der Waals surface area contributed by atoms with Gasteiger partial charge in [-0.2, -0.15) is 5.10 Å². The first-order valence-corrected chi connectivity index (χ1v) is 9.46. The van der Waals surface area contributed by atoms with Crippen molar-refractivity contribution in [2.75, 3.05) is 13.7 Å². The van der Waals surface area contributed by atoms with E-state index in [0.29, 0.717) is 11.9 Å². The number of thiophene rings is 1. The Morgan fingerprint density at radius 3 is 2.92 bits per heavy atom. The monoisotopic (exact) mass is 347 g/mol. The molecule has 2 aromatic heterocycles. The molecule has 130 valence electrons. The van der Waals surface area contributed by atoms with Crippen molar-refractivity contribution < 1.29 is 9.84 Å². The van der Waals surface area contributed by atoms with Gasteiger partial charge in [-0.15, -0.1) is 16.4 Å². The summed E-state index contributed by atoms with van der Waals surface area (Å²) in [7, 11) is 1.60. The number of methoxy groups -OCH3 is 1. The van der Waals surface area contributed by atoms with Gasteiger partial charge in [0, 0.05) is 23.5 Å². The molecule has 0 bridgehead atoms. The Morgan fingerprint density at radius 1 is 1.29 bits per heavy atom. The minimum Gasteiger partial charge on any atom is -0.480 e. The second-order valence-corrected chi connectivity index (χ2v) is 7.29. The van der Waals surface area contributed by atoms with Crippen LogP contribution in [0.1, 0.15) is 48.8 Å². The maximum Gasteiger partial charge on any atom is 0.233 e. The molecule has 1 aliphatic rings. The van der Waals surface area contributed by atoms with E-state index < -0.39 is 0 Å². The minimum atomic E-state index is -0.377. The Labute approximate surface area is 147 Å². The zero-order chi connectivity index (χ0) is 16.8. The summed E-state index contributed by atoms with van der Waals surface area (Å²) in [5, 5.41) is 20.9. The summed E-state index contributed by atoms with van der Waals surface area (Å²) >= 11 is 1.63. The minimum absolute atomic E-state index is 0.377. The third-order valence-corrected chi connectivity index (χ3v) is 5.61. The topological polar surface area (TPSA) is 58.5 Å². The highest BCUT2D eigenvalue weighted by Crippen LogP contribution is 2.29. The van der Waals surface area contributed by atoms with Crippen LogP contribution in [0.4, 0.5) is 0 Å². The van der Waals surface area contributed by atoms with E-state index in [1.807, 2.05) is 29.6 Å². The highest BCUT2D eigenvalue weighted by molar-refractivity contribution is 7.10. The van der Waals surface area contributed by atoms with Crippen molar-refractivity contribution >= 4 is 11.3 Å². The fourth-order valence-corrected chi connectivity index (χ4v) is 4.04. The zero-order valence-electron chi connectivity index (χ0n) is 14.1. The number of aliphatic hydroxyl groups excluding tert-OH is 1. The summed E-state index contributed by atoms with van der Waals surface area (Å²) in [4.78, 5) is 3.52. The van der Waals surface area contributed by atoms with Crippen molar-refractivity contribution in [1.82, 2.24) is 15.1 Å². The van der Waals surface area contributed by atoms with Gasteiger partial charge in [0.1, 0.15) is 0 Å². The molecular weight excluding hydrogens is 322 g/mol. The Hall–Kier alpha value is -1.50. The molecule has 2 aromatic rings. The van der Waals surface area contributed by atoms with Crippen LogP contribution in [-0.2, 0) is 6.54 Å². The van der Waals surface area contributed by atoms with E-state index in [-0.39, 0.29) is 6.10 Å². The quantitative estimate of drug-likeness (QED) is 0.868. The van der Waals surface area contributed by atoms with Crippen LogP contribution < -0.4 is 4.74 Å². The van der Waals surface area contributed by atoms with E-state index in [1.54, 1.807) is 18.4 Å². The number of ether oxygens (including phenoxy) is 1. The molecule has 1 N–H and O–H groups in total. The van der Waals surface area contributed by atoms with Crippen LogP contribution in [0.2, 0.25) is 0 Å². The largest absolute Gasteiger partial charge is 0.480 e. The van der Waals surface area contributed by atoms with Gasteiger partial charge in [-0.3, -0.25) is 4.90 Å². The van der Waals surface area contributed by atoms with Gasteiger partial charge in [0.15, 0.2) is 0 Å². The Kier molecular flexibility index (Phi) is 6.18. The van der Waals surface area contributed by atoms with Gasteiger partial charge >= 0.3 is 0 Å². The summed E-state index contributed by atoms with van der Waals surface area (Å²) in [6.07, 6.45) is 5.23. The van der Waals surface area contributed by atoms with Crippen molar-refractivity contribution in [3.8, 4) is 5.88 Å². The van der Waals surface area contributed by atoms with Gasteiger partial charge in [-0.25, -0.2) is 0 Å². The maximum atomic E-state index is 10.5. The van der Waals surface area contributed by atoms with Crippen LogP contribution in [0.5, 0.6) is 5.88 Å². The highest BCUT2D eigenvalue weighted by atomic mass is 32.1. The molecule has 0 radical (unpaired) electrons. The number of likely N-dealkylation sites (tertiary alicyclic amines) is 1. The summed E-state index contributed by atoms with van der Waals surface area (Å²) < 4.78 is 5.08. The molecule has 0 aliphatic carbocycles. The van der Waals surface area contributed by atoms with Crippen molar-refractivity contribution in [1.29, 1.82) is 0 Å². The molecule has 0 unspecified atom stereocenters. The van der Waals surface area contributed by atoms with Crippen molar-refractivity contribution in [3.05, 3.63) is 40.2 Å². The molecule has 6 heteroatoms.